The Morgan fingerprint density at radius 1 is 1.00 bits per heavy atom. The van der Waals surface area contributed by atoms with E-state index < -0.39 is 17.6 Å². The van der Waals surface area contributed by atoms with Crippen molar-refractivity contribution in [2.45, 2.75) is 39.0 Å². The van der Waals surface area contributed by atoms with Crippen molar-refractivity contribution < 1.29 is 24.9 Å². The van der Waals surface area contributed by atoms with Crippen LogP contribution < -0.4 is 10.2 Å². The van der Waals surface area contributed by atoms with Crippen molar-refractivity contribution in [2.24, 2.45) is 0 Å². The van der Waals surface area contributed by atoms with Gasteiger partial charge in [0.2, 0.25) is 5.69 Å². The van der Waals surface area contributed by atoms with Crippen LogP contribution in [0.15, 0.2) is 36.4 Å². The lowest BCUT2D eigenvalue weighted by atomic mass is 10.0. The molecule has 1 amide bonds. The van der Waals surface area contributed by atoms with E-state index in [1.807, 2.05) is 26.0 Å². The minimum absolute atomic E-state index is 0.0808. The molecule has 0 saturated carbocycles. The highest BCUT2D eigenvalue weighted by atomic mass is 16.4. The summed E-state index contributed by atoms with van der Waals surface area (Å²) in [6.07, 6.45) is 3.50. The zero-order valence-corrected chi connectivity index (χ0v) is 19.0. The summed E-state index contributed by atoms with van der Waals surface area (Å²) in [6, 6.07) is 9.74. The number of phenols is 2. The fourth-order valence-electron chi connectivity index (χ4n) is 4.08. The first-order chi connectivity index (χ1) is 16.3. The molecule has 1 aromatic heterocycles. The Morgan fingerprint density at radius 2 is 1.68 bits per heavy atom. The zero-order chi connectivity index (χ0) is 24.4. The Labute approximate surface area is 196 Å². The minimum Gasteiger partial charge on any atom is -0.508 e. The van der Waals surface area contributed by atoms with E-state index in [2.05, 4.69) is 20.5 Å². The minimum atomic E-state index is -1.38. The third kappa shape index (κ3) is 4.52. The van der Waals surface area contributed by atoms with Gasteiger partial charge in [-0.1, -0.05) is 19.1 Å². The van der Waals surface area contributed by atoms with Crippen LogP contribution in [0.2, 0.25) is 0 Å². The maximum Gasteiger partial charge on any atom is 0.360 e. The number of benzene rings is 2. The third-order valence-corrected chi connectivity index (χ3v) is 5.93. The van der Waals surface area contributed by atoms with Crippen molar-refractivity contribution >= 4 is 23.4 Å². The summed E-state index contributed by atoms with van der Waals surface area (Å²) in [6.45, 7) is 5.67. The highest BCUT2D eigenvalue weighted by Gasteiger charge is 2.25. The molecular formula is C24H27N5O5. The molecule has 4 rings (SSSR count). The Kier molecular flexibility index (Phi) is 6.40. The highest BCUT2D eigenvalue weighted by molar-refractivity contribution is 6.06. The molecule has 0 spiro atoms. The molecule has 2 aromatic carbocycles. The first-order valence-corrected chi connectivity index (χ1v) is 11.2. The number of hydrogen-bond donors (Lipinski definition) is 4. The lowest BCUT2D eigenvalue weighted by Gasteiger charge is -2.28. The van der Waals surface area contributed by atoms with E-state index in [-0.39, 0.29) is 28.9 Å². The quantitative estimate of drug-likeness (QED) is 0.431. The average molecular weight is 466 g/mol. The monoisotopic (exact) mass is 465 g/mol. The number of aromatic carboxylic acids is 1. The number of amides is 1. The van der Waals surface area contributed by atoms with Gasteiger partial charge in [-0.2, -0.15) is 4.68 Å². The van der Waals surface area contributed by atoms with Crippen LogP contribution in [0.25, 0.3) is 5.69 Å². The Balaban J connectivity index is 1.66. The normalized spacial score (nSPS) is 13.8. The maximum absolute atomic E-state index is 13.0. The van der Waals surface area contributed by atoms with Crippen molar-refractivity contribution in [3.8, 4) is 17.2 Å². The summed E-state index contributed by atoms with van der Waals surface area (Å²) in [5, 5.41) is 40.2. The first kappa shape index (κ1) is 23.1. The van der Waals surface area contributed by atoms with Crippen LogP contribution in [0, 0.1) is 0 Å². The Morgan fingerprint density at radius 3 is 2.29 bits per heavy atom. The van der Waals surface area contributed by atoms with E-state index in [9.17, 15) is 24.9 Å². The van der Waals surface area contributed by atoms with E-state index in [0.29, 0.717) is 11.1 Å². The van der Waals surface area contributed by atoms with E-state index in [0.717, 1.165) is 42.4 Å². The number of aromatic nitrogens is 3. The Bertz CT molecular complexity index is 1210. The number of anilines is 2. The number of aromatic hydroxyl groups is 2. The van der Waals surface area contributed by atoms with Crippen LogP contribution in [0.3, 0.4) is 0 Å². The molecule has 1 fully saturated rings. The van der Waals surface area contributed by atoms with E-state index in [1.54, 1.807) is 12.1 Å². The molecule has 0 radical (unpaired) electrons. The molecule has 3 aromatic rings. The molecule has 34 heavy (non-hydrogen) atoms. The van der Waals surface area contributed by atoms with Gasteiger partial charge in [0.15, 0.2) is 5.82 Å². The van der Waals surface area contributed by atoms with Gasteiger partial charge in [-0.15, -0.1) is 5.10 Å². The SMILES string of the molecule is CC(C)c1cc(-n2nnc(C(=O)O)c2NC(=O)c2ccc(N3CCCCC3)cc2)c(O)cc1O. The van der Waals surface area contributed by atoms with Crippen molar-refractivity contribution in [1.82, 2.24) is 15.0 Å². The molecule has 0 aliphatic carbocycles. The Hall–Kier alpha value is -4.08. The second kappa shape index (κ2) is 9.42. The summed E-state index contributed by atoms with van der Waals surface area (Å²) in [5.41, 5.74) is 1.49. The van der Waals surface area contributed by atoms with Gasteiger partial charge in [0, 0.05) is 30.4 Å². The predicted molar refractivity (Wildman–Crippen MR) is 126 cm³/mol. The molecule has 1 aliphatic heterocycles. The van der Waals surface area contributed by atoms with Gasteiger partial charge < -0.3 is 25.5 Å². The third-order valence-electron chi connectivity index (χ3n) is 5.93. The zero-order valence-electron chi connectivity index (χ0n) is 19.0. The van der Waals surface area contributed by atoms with Crippen LogP contribution in [0.5, 0.6) is 11.5 Å². The first-order valence-electron chi connectivity index (χ1n) is 11.2. The van der Waals surface area contributed by atoms with E-state index >= 15 is 0 Å². The average Bonchev–Trinajstić information content (AvgIpc) is 3.23. The van der Waals surface area contributed by atoms with Gasteiger partial charge >= 0.3 is 5.97 Å². The summed E-state index contributed by atoms with van der Waals surface area (Å²) >= 11 is 0. The number of hydrogen-bond acceptors (Lipinski definition) is 7. The molecule has 1 aliphatic rings. The van der Waals surface area contributed by atoms with Crippen LogP contribution in [-0.4, -0.2) is 55.3 Å². The predicted octanol–water partition coefficient (Wildman–Crippen LogP) is 3.74. The second-order valence-electron chi connectivity index (χ2n) is 8.61. The molecule has 0 unspecified atom stereocenters. The fourth-order valence-corrected chi connectivity index (χ4v) is 4.08. The largest absolute Gasteiger partial charge is 0.508 e. The molecule has 0 bridgehead atoms. The van der Waals surface area contributed by atoms with Gasteiger partial charge in [-0.25, -0.2) is 4.79 Å². The highest BCUT2D eigenvalue weighted by Crippen LogP contribution is 2.35. The topological polar surface area (TPSA) is 141 Å². The van der Waals surface area contributed by atoms with E-state index in [1.165, 1.54) is 12.5 Å². The molecule has 2 heterocycles. The number of carboxylic acids is 1. The smallest absolute Gasteiger partial charge is 0.360 e. The van der Waals surface area contributed by atoms with Gasteiger partial charge in [0.05, 0.1) is 0 Å². The summed E-state index contributed by atoms with van der Waals surface area (Å²) in [4.78, 5) is 27.0. The molecule has 10 heteroatoms. The number of piperidine rings is 1. The fraction of sp³-hybridized carbons (Fsp3) is 0.333. The number of phenolic OH excluding ortho intramolecular Hbond substituents is 2. The number of carbonyl (C=O) groups is 2. The van der Waals surface area contributed by atoms with E-state index in [4.69, 9.17) is 0 Å². The molecule has 0 atom stereocenters. The van der Waals surface area contributed by atoms with Gasteiger partial charge in [-0.05, 0) is 61.1 Å². The molecule has 10 nitrogen and oxygen atoms in total. The summed E-state index contributed by atoms with van der Waals surface area (Å²) in [7, 11) is 0. The van der Waals surface area contributed by atoms with Gasteiger partial charge in [-0.3, -0.25) is 4.79 Å². The number of nitrogens with one attached hydrogen (secondary N) is 1. The molecule has 4 N–H and O–H groups in total. The van der Waals surface area contributed by atoms with Crippen LogP contribution >= 0.6 is 0 Å². The lowest BCUT2D eigenvalue weighted by molar-refractivity contribution is 0.0691. The second-order valence-corrected chi connectivity index (χ2v) is 8.61. The van der Waals surface area contributed by atoms with Crippen LogP contribution in [0.4, 0.5) is 11.5 Å². The number of nitrogens with zero attached hydrogens (tertiary/aromatic N) is 4. The molecule has 1 saturated heterocycles. The maximum atomic E-state index is 13.0. The number of carboxylic acid groups (broad SMARTS) is 1. The van der Waals surface area contributed by atoms with Gasteiger partial charge in [0.1, 0.15) is 17.2 Å². The van der Waals surface area contributed by atoms with Crippen molar-refractivity contribution in [3.63, 3.8) is 0 Å². The van der Waals surface area contributed by atoms with Crippen molar-refractivity contribution in [2.75, 3.05) is 23.3 Å². The van der Waals surface area contributed by atoms with Crippen molar-refractivity contribution in [3.05, 3.63) is 53.2 Å². The van der Waals surface area contributed by atoms with Crippen molar-refractivity contribution in [1.29, 1.82) is 0 Å². The molecule has 178 valence electrons. The van der Waals surface area contributed by atoms with Gasteiger partial charge in [0.25, 0.3) is 5.91 Å². The summed E-state index contributed by atoms with van der Waals surface area (Å²) in [5.74, 6) is -2.66. The van der Waals surface area contributed by atoms with Crippen LogP contribution in [0.1, 0.15) is 65.4 Å². The number of carbonyl (C=O) groups excluding carboxylic acids is 1. The summed E-state index contributed by atoms with van der Waals surface area (Å²) < 4.78 is 1.05. The standard InChI is InChI=1S/C24H27N5O5/c1-14(2)17-12-18(20(31)13-19(17)30)29-22(21(24(33)34)26-27-29)25-23(32)15-6-8-16(9-7-15)28-10-4-3-5-11-28/h6-9,12-14,30-31H,3-5,10-11H2,1-2H3,(H,25,32)(H,33,34). The van der Waals surface area contributed by atoms with Crippen LogP contribution in [-0.2, 0) is 0 Å². The molecular weight excluding hydrogens is 438 g/mol. The lowest BCUT2D eigenvalue weighted by Crippen LogP contribution is -2.29. The number of rotatable bonds is 6.